The third kappa shape index (κ3) is 8.86. The third-order valence-electron chi connectivity index (χ3n) is 2.18. The highest BCUT2D eigenvalue weighted by Gasteiger charge is 2.28. The van der Waals surface area contributed by atoms with E-state index in [0.29, 0.717) is 0 Å². The molecule has 23 heavy (non-hydrogen) atoms. The number of hydrogen-bond acceptors (Lipinski definition) is 4. The number of nitrogens with zero attached hydrogens (tertiary/aromatic N) is 1. The molecule has 0 spiro atoms. The summed E-state index contributed by atoms with van der Waals surface area (Å²) < 4.78 is 79.8. The second-order valence-electron chi connectivity index (χ2n) is 4.21. The maximum absolute atomic E-state index is 11.9. The van der Waals surface area contributed by atoms with E-state index in [0.717, 1.165) is 12.3 Å². The largest absolute Gasteiger partial charge is 0.468 e. The van der Waals surface area contributed by atoms with Crippen LogP contribution in [0.4, 0.5) is 26.3 Å². The quantitative estimate of drug-likeness (QED) is 0.608. The number of alkyl halides is 6. The van der Waals surface area contributed by atoms with Crippen LogP contribution < -0.4 is 10.1 Å². The van der Waals surface area contributed by atoms with E-state index in [9.17, 15) is 31.1 Å². The second kappa shape index (κ2) is 7.99. The minimum Gasteiger partial charge on any atom is -0.468 e. The predicted octanol–water partition coefficient (Wildman–Crippen LogP) is 2.33. The van der Waals surface area contributed by atoms with Crippen LogP contribution >= 0.6 is 0 Å². The van der Waals surface area contributed by atoms with E-state index in [4.69, 9.17) is 0 Å². The number of nitrogens with one attached hydrogen (secondary N) is 1. The smallest absolute Gasteiger partial charge is 0.422 e. The van der Waals surface area contributed by atoms with Gasteiger partial charge in [-0.2, -0.15) is 26.3 Å². The Kier molecular flexibility index (Phi) is 6.61. The van der Waals surface area contributed by atoms with Gasteiger partial charge in [0.25, 0.3) is 5.91 Å². The summed E-state index contributed by atoms with van der Waals surface area (Å²) in [6.45, 7) is -3.44. The summed E-state index contributed by atoms with van der Waals surface area (Å²) in [5, 5.41) is 2.27. The number of hydrogen-bond donors (Lipinski definition) is 1. The molecule has 5 nitrogen and oxygen atoms in total. The highest BCUT2D eigenvalue weighted by Crippen LogP contribution is 2.17. The standard InChI is InChI=1S/C12H12F6N2O3/c13-11(14,15)6-22-4-3-19-10(21)8-1-2-9(20-5-8)23-7-12(16,17)18/h1-2,5H,3-4,6-7H2,(H,19,21). The van der Waals surface area contributed by atoms with Crippen LogP contribution in [0.3, 0.4) is 0 Å². The monoisotopic (exact) mass is 346 g/mol. The lowest BCUT2D eigenvalue weighted by Gasteiger charge is -2.09. The Labute approximate surface area is 126 Å². The predicted molar refractivity (Wildman–Crippen MR) is 65.0 cm³/mol. The normalized spacial score (nSPS) is 12.1. The summed E-state index contributed by atoms with van der Waals surface area (Å²) in [4.78, 5) is 15.1. The highest BCUT2D eigenvalue weighted by molar-refractivity contribution is 5.93. The zero-order valence-electron chi connectivity index (χ0n) is 11.5. The topological polar surface area (TPSA) is 60.5 Å². The first-order valence-corrected chi connectivity index (χ1v) is 6.15. The second-order valence-corrected chi connectivity index (χ2v) is 4.21. The van der Waals surface area contributed by atoms with Crippen molar-refractivity contribution in [3.63, 3.8) is 0 Å². The number of rotatable bonds is 7. The zero-order chi connectivity index (χ0) is 17.5. The first-order chi connectivity index (χ1) is 10.6. The van der Waals surface area contributed by atoms with Crippen LogP contribution in [0.15, 0.2) is 18.3 Å². The number of pyridine rings is 1. The average Bonchev–Trinajstić information content (AvgIpc) is 2.43. The Morgan fingerprint density at radius 3 is 2.26 bits per heavy atom. The lowest BCUT2D eigenvalue weighted by Crippen LogP contribution is -2.29. The molecule has 0 saturated heterocycles. The molecule has 1 aromatic heterocycles. The Bertz CT molecular complexity index is 501. The third-order valence-corrected chi connectivity index (χ3v) is 2.18. The number of ether oxygens (including phenoxy) is 2. The van der Waals surface area contributed by atoms with Crippen LogP contribution in [-0.4, -0.2) is 49.6 Å². The van der Waals surface area contributed by atoms with E-state index in [1.54, 1.807) is 0 Å². The van der Waals surface area contributed by atoms with Gasteiger partial charge in [0.2, 0.25) is 5.88 Å². The summed E-state index contributed by atoms with van der Waals surface area (Å²) in [7, 11) is 0. The molecule has 0 radical (unpaired) electrons. The first kappa shape index (κ1) is 19.0. The number of carbonyl (C=O) groups excluding carboxylic acids is 1. The molecule has 0 bridgehead atoms. The maximum Gasteiger partial charge on any atom is 0.422 e. The van der Waals surface area contributed by atoms with E-state index in [-0.39, 0.29) is 24.6 Å². The van der Waals surface area contributed by atoms with E-state index in [1.165, 1.54) is 6.07 Å². The summed E-state index contributed by atoms with van der Waals surface area (Å²) >= 11 is 0. The fourth-order valence-electron chi connectivity index (χ4n) is 1.28. The van der Waals surface area contributed by atoms with Gasteiger partial charge in [-0.3, -0.25) is 4.79 Å². The van der Waals surface area contributed by atoms with Gasteiger partial charge < -0.3 is 14.8 Å². The van der Waals surface area contributed by atoms with Gasteiger partial charge in [-0.15, -0.1) is 0 Å². The Morgan fingerprint density at radius 2 is 1.74 bits per heavy atom. The molecule has 1 heterocycles. The summed E-state index contributed by atoms with van der Waals surface area (Å²) in [6.07, 6.45) is -7.97. The summed E-state index contributed by atoms with van der Waals surface area (Å²) in [5.74, 6) is -0.970. The molecule has 130 valence electrons. The average molecular weight is 346 g/mol. The van der Waals surface area contributed by atoms with Crippen molar-refractivity contribution in [2.45, 2.75) is 12.4 Å². The van der Waals surface area contributed by atoms with Crippen molar-refractivity contribution >= 4 is 5.91 Å². The molecule has 0 saturated carbocycles. The molecule has 0 aliphatic carbocycles. The van der Waals surface area contributed by atoms with Crippen molar-refractivity contribution in [1.82, 2.24) is 10.3 Å². The molecular formula is C12H12F6N2O3. The van der Waals surface area contributed by atoms with Crippen molar-refractivity contribution in [2.75, 3.05) is 26.4 Å². The molecule has 1 N–H and O–H groups in total. The Morgan fingerprint density at radius 1 is 1.09 bits per heavy atom. The zero-order valence-corrected chi connectivity index (χ0v) is 11.5. The van der Waals surface area contributed by atoms with Gasteiger partial charge in [-0.1, -0.05) is 0 Å². The minimum absolute atomic E-state index is 0.0141. The maximum atomic E-state index is 11.9. The van der Waals surface area contributed by atoms with Crippen molar-refractivity contribution in [3.05, 3.63) is 23.9 Å². The molecule has 11 heteroatoms. The molecule has 0 aliphatic rings. The molecule has 0 unspecified atom stereocenters. The highest BCUT2D eigenvalue weighted by atomic mass is 19.4. The van der Waals surface area contributed by atoms with Crippen molar-refractivity contribution in [1.29, 1.82) is 0 Å². The van der Waals surface area contributed by atoms with E-state index < -0.39 is 31.5 Å². The lowest BCUT2D eigenvalue weighted by molar-refractivity contribution is -0.173. The number of halogens is 6. The molecule has 0 aliphatic heterocycles. The fraction of sp³-hybridized carbons (Fsp3) is 0.500. The minimum atomic E-state index is -4.51. The SMILES string of the molecule is O=C(NCCOCC(F)(F)F)c1ccc(OCC(F)(F)F)nc1. The van der Waals surface area contributed by atoms with Gasteiger partial charge in [0.05, 0.1) is 12.2 Å². The van der Waals surface area contributed by atoms with Crippen molar-refractivity contribution < 1.29 is 40.6 Å². The summed E-state index contributed by atoms with van der Waals surface area (Å²) in [5.41, 5.74) is 0.0141. The van der Waals surface area contributed by atoms with Crippen LogP contribution in [0.1, 0.15) is 10.4 Å². The van der Waals surface area contributed by atoms with Crippen molar-refractivity contribution in [3.8, 4) is 5.88 Å². The molecule has 1 rings (SSSR count). The van der Waals surface area contributed by atoms with Gasteiger partial charge in [-0.25, -0.2) is 4.98 Å². The molecule has 1 amide bonds. The first-order valence-electron chi connectivity index (χ1n) is 6.15. The van der Waals surface area contributed by atoms with Gasteiger partial charge in [0, 0.05) is 18.8 Å². The van der Waals surface area contributed by atoms with Gasteiger partial charge >= 0.3 is 12.4 Å². The number of amides is 1. The van der Waals surface area contributed by atoms with Crippen LogP contribution in [-0.2, 0) is 4.74 Å². The Balaban J connectivity index is 2.34. The Hall–Kier alpha value is -2.04. The van der Waals surface area contributed by atoms with Crippen LogP contribution in [0.25, 0.3) is 0 Å². The van der Waals surface area contributed by atoms with E-state index >= 15 is 0 Å². The number of carbonyl (C=O) groups is 1. The van der Waals surface area contributed by atoms with E-state index in [1.807, 2.05) is 0 Å². The fourth-order valence-corrected chi connectivity index (χ4v) is 1.28. The van der Waals surface area contributed by atoms with Crippen molar-refractivity contribution in [2.24, 2.45) is 0 Å². The molecule has 0 aromatic carbocycles. The van der Waals surface area contributed by atoms with Gasteiger partial charge in [0.15, 0.2) is 6.61 Å². The summed E-state index contributed by atoms with van der Waals surface area (Å²) in [6, 6.07) is 2.24. The van der Waals surface area contributed by atoms with Crippen LogP contribution in [0.5, 0.6) is 5.88 Å². The number of aromatic nitrogens is 1. The molecule has 0 atom stereocenters. The van der Waals surface area contributed by atoms with Gasteiger partial charge in [-0.05, 0) is 6.07 Å². The van der Waals surface area contributed by atoms with E-state index in [2.05, 4.69) is 19.8 Å². The van der Waals surface area contributed by atoms with Crippen LogP contribution in [0.2, 0.25) is 0 Å². The molecule has 1 aromatic rings. The van der Waals surface area contributed by atoms with Gasteiger partial charge in [0.1, 0.15) is 6.61 Å². The van der Waals surface area contributed by atoms with Crippen LogP contribution in [0, 0.1) is 0 Å². The lowest BCUT2D eigenvalue weighted by atomic mass is 10.2. The molecular weight excluding hydrogens is 334 g/mol. The molecule has 0 fully saturated rings.